The van der Waals surface area contributed by atoms with Crippen LogP contribution in [-0.4, -0.2) is 66.1 Å². The maximum atomic E-state index is 11.3. The monoisotopic (exact) mass is 761 g/mol. The quantitative estimate of drug-likeness (QED) is 0.0275. The maximum Gasteiger partial charge on any atom is 0.264 e. The molecule has 0 aliphatic carbocycles. The molecule has 0 aromatic heterocycles. The highest BCUT2D eigenvalue weighted by molar-refractivity contribution is 7.94. The van der Waals surface area contributed by atoms with E-state index in [0.717, 1.165) is 50.9 Å². The Balaban J connectivity index is 1.58. The van der Waals surface area contributed by atoms with E-state index in [4.69, 9.17) is 5.26 Å². The Hall–Kier alpha value is -3.08. The Labute approximate surface area is 306 Å². The molecular weight excluding hydrogens is 713 g/mol. The first-order valence-corrected chi connectivity index (χ1v) is 20.8. The Morgan fingerprint density at radius 3 is 2.25 bits per heavy atom. The van der Waals surface area contributed by atoms with Gasteiger partial charge in [0.05, 0.1) is 29.0 Å². The van der Waals surface area contributed by atoms with Crippen LogP contribution < -0.4 is 4.90 Å². The Bertz CT molecular complexity index is 1980. The van der Waals surface area contributed by atoms with E-state index in [2.05, 4.69) is 83.8 Å². The van der Waals surface area contributed by atoms with Crippen LogP contribution in [0.5, 0.6) is 0 Å². The molecule has 2 aromatic rings. The molecule has 0 radical (unpaired) electrons. The van der Waals surface area contributed by atoms with Gasteiger partial charge in [0.25, 0.3) is 20.2 Å². The van der Waals surface area contributed by atoms with Crippen LogP contribution in [0.1, 0.15) is 77.0 Å². The van der Waals surface area contributed by atoms with E-state index in [0.29, 0.717) is 38.8 Å². The lowest BCUT2D eigenvalue weighted by Crippen LogP contribution is -2.28. The molecule has 2 aromatic carbocycles. The van der Waals surface area contributed by atoms with Gasteiger partial charge in [-0.3, -0.25) is 9.11 Å². The third-order valence-corrected chi connectivity index (χ3v) is 11.6. The molecule has 0 saturated heterocycles. The lowest BCUT2D eigenvalue weighted by Gasteiger charge is -2.27. The number of anilines is 1. The minimum absolute atomic E-state index is 0.259. The third kappa shape index (κ3) is 10.5. The van der Waals surface area contributed by atoms with Crippen LogP contribution in [0.2, 0.25) is 0 Å². The normalized spacial score (nSPS) is 18.1. The van der Waals surface area contributed by atoms with Gasteiger partial charge in [-0.1, -0.05) is 66.5 Å². The highest BCUT2D eigenvalue weighted by atomic mass is 32.2. The van der Waals surface area contributed by atoms with Crippen LogP contribution in [0.15, 0.2) is 89.0 Å². The Morgan fingerprint density at radius 1 is 0.902 bits per heavy atom. The number of hydrogen-bond acceptors (Lipinski definition) is 9. The average molecular weight is 762 g/mol. The van der Waals surface area contributed by atoms with Crippen molar-refractivity contribution in [2.24, 2.45) is 0 Å². The van der Waals surface area contributed by atoms with Gasteiger partial charge in [-0.15, -0.1) is 4.33 Å². The van der Waals surface area contributed by atoms with Crippen LogP contribution in [-0.2, 0) is 40.4 Å². The van der Waals surface area contributed by atoms with Crippen LogP contribution in [0.3, 0.4) is 0 Å². The molecule has 2 aliphatic heterocycles. The van der Waals surface area contributed by atoms with Crippen LogP contribution in [0.25, 0.3) is 0 Å². The van der Waals surface area contributed by atoms with Crippen molar-refractivity contribution in [3.63, 3.8) is 0 Å². The summed E-state index contributed by atoms with van der Waals surface area (Å²) in [6, 6.07) is 12.2. The molecule has 14 heteroatoms. The van der Waals surface area contributed by atoms with E-state index in [-0.39, 0.29) is 16.9 Å². The van der Waals surface area contributed by atoms with Gasteiger partial charge in [-0.2, -0.15) is 21.4 Å². The largest absolute Gasteiger partial charge is 0.344 e. The van der Waals surface area contributed by atoms with Crippen molar-refractivity contribution in [1.29, 1.82) is 0 Å². The molecule has 0 bridgehead atoms. The summed E-state index contributed by atoms with van der Waals surface area (Å²) in [4.78, 5) is 2.98. The number of aryl methyl sites for hydroxylation is 1. The minimum atomic E-state index is -4.04. The van der Waals surface area contributed by atoms with E-state index in [1.54, 1.807) is 0 Å². The fourth-order valence-electron chi connectivity index (χ4n) is 6.78. The van der Waals surface area contributed by atoms with Crippen LogP contribution >= 0.6 is 12.0 Å². The molecule has 4 rings (SSSR count). The summed E-state index contributed by atoms with van der Waals surface area (Å²) >= 11 is 0.886. The molecule has 2 aliphatic rings. The van der Waals surface area contributed by atoms with E-state index >= 15 is 0 Å². The summed E-state index contributed by atoms with van der Waals surface area (Å²) in [7, 11) is -8.05. The summed E-state index contributed by atoms with van der Waals surface area (Å²) in [5.74, 6) is -0.555. The summed E-state index contributed by atoms with van der Waals surface area (Å²) in [5, 5.41) is 12.4. The summed E-state index contributed by atoms with van der Waals surface area (Å²) in [6.07, 6.45) is 14.1. The van der Waals surface area contributed by atoms with E-state index in [1.807, 2.05) is 49.4 Å². The van der Waals surface area contributed by atoms with Crippen molar-refractivity contribution >= 4 is 49.4 Å². The van der Waals surface area contributed by atoms with E-state index in [9.17, 15) is 25.9 Å². The molecule has 0 unspecified atom stereocenters. The zero-order valence-corrected chi connectivity index (χ0v) is 32.4. The number of nitrogens with zero attached hydrogens (tertiary/aromatic N) is 2. The summed E-state index contributed by atoms with van der Waals surface area (Å²) < 4.78 is 70.4. The molecule has 3 N–H and O–H groups in total. The van der Waals surface area contributed by atoms with E-state index in [1.165, 1.54) is 11.1 Å². The Morgan fingerprint density at radius 2 is 1.59 bits per heavy atom. The topological polar surface area (TPSA) is 154 Å². The Kier molecular flexibility index (Phi) is 13.3. The molecule has 2 heterocycles. The lowest BCUT2D eigenvalue weighted by molar-refractivity contribution is -0.438. The lowest BCUT2D eigenvalue weighted by atomic mass is 9.81. The summed E-state index contributed by atoms with van der Waals surface area (Å²) in [6.45, 7) is 13.9. The van der Waals surface area contributed by atoms with Crippen molar-refractivity contribution < 1.29 is 45.1 Å². The SMILES string of the molecule is CC(C=C/C=C1/N(CCCCS(=O)(=O)O)c2ccc(C)cc2C1(C)C)=CC=CC1=[N+](CCCCS(=O)(=O)O)c2ccc(SOOO)cc2C1(C)C. The van der Waals surface area contributed by atoms with Crippen molar-refractivity contribution in [2.45, 2.75) is 83.0 Å². The standard InChI is InChI=1S/C37H48N2O9S3/c1-27(13-11-15-34-36(3,4)30-25-28(2)17-19-32(30)38(34)21-7-9-23-50(41,42)43)14-12-16-35-37(5,6)31-26-29(49-48-47-40)18-20-33(31)39(35)22-8-10-24-51(44,45)46/h11-20,25-26H,7-10,21-24H2,1-6H3,(H2-,40,41,42,43,44,45,46)/p+1. The molecule has 51 heavy (non-hydrogen) atoms. The van der Waals surface area contributed by atoms with E-state index < -0.39 is 25.7 Å². The number of fused-ring (bicyclic) bond motifs is 2. The van der Waals surface area contributed by atoms with Crippen LogP contribution in [0, 0.1) is 6.92 Å². The molecule has 0 amide bonds. The number of benzene rings is 2. The number of allylic oxidation sites excluding steroid dienone is 8. The second-order valence-electron chi connectivity index (χ2n) is 14.0. The van der Waals surface area contributed by atoms with Gasteiger partial charge >= 0.3 is 0 Å². The van der Waals surface area contributed by atoms with Crippen LogP contribution in [0.4, 0.5) is 11.4 Å². The first-order valence-electron chi connectivity index (χ1n) is 16.8. The number of hydrogen-bond donors (Lipinski definition) is 3. The van der Waals surface area contributed by atoms with Crippen molar-refractivity contribution in [1.82, 2.24) is 0 Å². The van der Waals surface area contributed by atoms with Gasteiger partial charge in [0.2, 0.25) is 5.69 Å². The highest BCUT2D eigenvalue weighted by Crippen LogP contribution is 2.48. The fraction of sp³-hybridized carbons (Fsp3) is 0.432. The average Bonchev–Trinajstić information content (AvgIpc) is 3.37. The minimum Gasteiger partial charge on any atom is -0.344 e. The zero-order valence-electron chi connectivity index (χ0n) is 30.0. The number of rotatable bonds is 17. The van der Waals surface area contributed by atoms with Gasteiger partial charge in [0, 0.05) is 52.4 Å². The first kappa shape index (κ1) is 40.7. The third-order valence-electron chi connectivity index (χ3n) is 9.37. The zero-order chi connectivity index (χ0) is 37.6. The van der Waals surface area contributed by atoms with Gasteiger partial charge in [0.1, 0.15) is 6.54 Å². The second-order valence-corrected chi connectivity index (χ2v) is 17.9. The molecule has 11 nitrogen and oxygen atoms in total. The van der Waals surface area contributed by atoms with Gasteiger partial charge in [-0.25, -0.2) is 5.26 Å². The van der Waals surface area contributed by atoms with Gasteiger partial charge in [-0.05, 0) is 76.8 Å². The molecule has 0 saturated carbocycles. The maximum absolute atomic E-state index is 11.3. The van der Waals surface area contributed by atoms with Crippen molar-refractivity contribution in [3.05, 3.63) is 101 Å². The predicted molar refractivity (Wildman–Crippen MR) is 203 cm³/mol. The fourth-order valence-corrected chi connectivity index (χ4v) is 8.31. The molecule has 0 fully saturated rings. The van der Waals surface area contributed by atoms with Gasteiger partial charge in [0.15, 0.2) is 5.71 Å². The molecule has 0 atom stereocenters. The van der Waals surface area contributed by atoms with Gasteiger partial charge < -0.3 is 4.90 Å². The number of unbranched alkanes of at least 4 members (excludes halogenated alkanes) is 2. The highest BCUT2D eigenvalue weighted by Gasteiger charge is 2.44. The molecule has 0 spiro atoms. The second kappa shape index (κ2) is 16.7. The predicted octanol–water partition coefficient (Wildman–Crippen LogP) is 7.88. The van der Waals surface area contributed by atoms with Crippen molar-refractivity contribution in [3.8, 4) is 0 Å². The first-order chi connectivity index (χ1) is 23.8. The molecular formula is C37H49N2O9S3+. The smallest absolute Gasteiger partial charge is 0.264 e. The molecule has 278 valence electrons. The van der Waals surface area contributed by atoms with Crippen molar-refractivity contribution in [2.75, 3.05) is 29.5 Å². The summed E-state index contributed by atoms with van der Waals surface area (Å²) in [5.41, 5.74) is 7.95.